The summed E-state index contributed by atoms with van der Waals surface area (Å²) in [5, 5.41) is 10.7. The van der Waals surface area contributed by atoms with Gasteiger partial charge < -0.3 is 10.6 Å². The summed E-state index contributed by atoms with van der Waals surface area (Å²) in [6.45, 7) is 7.08. The number of hydrogen-bond donors (Lipinski definition) is 1. The van der Waals surface area contributed by atoms with Gasteiger partial charge in [-0.25, -0.2) is 0 Å². The van der Waals surface area contributed by atoms with Crippen molar-refractivity contribution in [1.82, 2.24) is 9.88 Å². The van der Waals surface area contributed by atoms with Crippen LogP contribution in [0.15, 0.2) is 24.4 Å². The maximum Gasteiger partial charge on any atom is 0.218 e. The van der Waals surface area contributed by atoms with Gasteiger partial charge in [0.05, 0.1) is 11.1 Å². The molecule has 27 heavy (non-hydrogen) atoms. The summed E-state index contributed by atoms with van der Waals surface area (Å²) < 4.78 is 0. The first-order valence-electron chi connectivity index (χ1n) is 9.84. The first-order chi connectivity index (χ1) is 13.0. The summed E-state index contributed by atoms with van der Waals surface area (Å²) in [6, 6.07) is 8.43. The highest BCUT2D eigenvalue weighted by Gasteiger charge is 2.29. The van der Waals surface area contributed by atoms with Gasteiger partial charge in [-0.2, -0.15) is 5.26 Å². The van der Waals surface area contributed by atoms with Crippen LogP contribution in [-0.4, -0.2) is 35.4 Å². The molecule has 0 radical (unpaired) electrons. The van der Waals surface area contributed by atoms with Crippen molar-refractivity contribution in [2.24, 2.45) is 11.7 Å². The zero-order valence-electron chi connectivity index (χ0n) is 16.2. The van der Waals surface area contributed by atoms with Gasteiger partial charge in [0.2, 0.25) is 5.91 Å². The molecule has 1 fully saturated rings. The predicted molar refractivity (Wildman–Crippen MR) is 107 cm³/mol. The first-order valence-corrected chi connectivity index (χ1v) is 9.84. The van der Waals surface area contributed by atoms with Gasteiger partial charge in [-0.1, -0.05) is 26.3 Å². The van der Waals surface area contributed by atoms with E-state index in [0.717, 1.165) is 43.3 Å². The van der Waals surface area contributed by atoms with E-state index >= 15 is 0 Å². The van der Waals surface area contributed by atoms with E-state index in [2.05, 4.69) is 35.9 Å². The van der Waals surface area contributed by atoms with Gasteiger partial charge in [0, 0.05) is 37.6 Å². The Morgan fingerprint density at radius 1 is 1.44 bits per heavy atom. The molecule has 0 bridgehead atoms. The normalized spacial score (nSPS) is 20.5. The van der Waals surface area contributed by atoms with Crippen molar-refractivity contribution in [3.8, 4) is 6.07 Å². The fourth-order valence-corrected chi connectivity index (χ4v) is 4.50. The third-order valence-corrected chi connectivity index (χ3v) is 5.48. The van der Waals surface area contributed by atoms with Gasteiger partial charge in [0.1, 0.15) is 6.07 Å². The lowest BCUT2D eigenvalue weighted by Gasteiger charge is -2.37. The molecule has 5 nitrogen and oxygen atoms in total. The van der Waals surface area contributed by atoms with Crippen LogP contribution in [0.1, 0.15) is 55.7 Å². The number of nitrogens with zero attached hydrogens (tertiary/aromatic N) is 3. The molecule has 2 unspecified atom stereocenters. The van der Waals surface area contributed by atoms with E-state index in [1.165, 1.54) is 11.1 Å². The molecule has 5 heteroatoms. The minimum absolute atomic E-state index is 0.246. The molecule has 2 aromatic rings. The zero-order valence-corrected chi connectivity index (χ0v) is 16.2. The molecule has 1 saturated heterocycles. The standard InChI is InChI=1S/C22H28N4O/c1-3-5-16-11-17(12-23)22-19(6-4-8-25-22)21(16)18-10-15(2)13-26(14-18)9-7-20(24)27/h4,6,8,11,15,18H,3,5,7,9-10,13-14H2,1-2H3,(H2,24,27). The average Bonchev–Trinajstić information content (AvgIpc) is 2.65. The van der Waals surface area contributed by atoms with E-state index < -0.39 is 0 Å². The van der Waals surface area contributed by atoms with E-state index in [0.29, 0.717) is 30.4 Å². The molecule has 1 aliphatic heterocycles. The van der Waals surface area contributed by atoms with Crippen molar-refractivity contribution in [3.63, 3.8) is 0 Å². The average molecular weight is 364 g/mol. The summed E-state index contributed by atoms with van der Waals surface area (Å²) in [7, 11) is 0. The van der Waals surface area contributed by atoms with Crippen molar-refractivity contribution in [2.45, 2.75) is 45.4 Å². The van der Waals surface area contributed by atoms with Gasteiger partial charge in [0.15, 0.2) is 0 Å². The second-order valence-electron chi connectivity index (χ2n) is 7.77. The summed E-state index contributed by atoms with van der Waals surface area (Å²) in [4.78, 5) is 18.1. The Morgan fingerprint density at radius 2 is 2.26 bits per heavy atom. The molecule has 3 rings (SSSR count). The minimum atomic E-state index is -0.246. The molecule has 0 spiro atoms. The highest BCUT2D eigenvalue weighted by atomic mass is 16.1. The van der Waals surface area contributed by atoms with Crippen LogP contribution in [0.25, 0.3) is 10.9 Å². The smallest absolute Gasteiger partial charge is 0.218 e. The maximum atomic E-state index is 11.2. The molecular formula is C22H28N4O. The number of benzene rings is 1. The number of hydrogen-bond acceptors (Lipinski definition) is 4. The first kappa shape index (κ1) is 19.3. The number of aromatic nitrogens is 1. The fraction of sp³-hybridized carbons (Fsp3) is 0.500. The minimum Gasteiger partial charge on any atom is -0.370 e. The zero-order chi connectivity index (χ0) is 19.4. The van der Waals surface area contributed by atoms with E-state index in [9.17, 15) is 10.1 Å². The molecule has 2 N–H and O–H groups in total. The molecule has 0 aliphatic carbocycles. The Morgan fingerprint density at radius 3 is 2.96 bits per heavy atom. The Hall–Kier alpha value is -2.45. The number of pyridine rings is 1. The summed E-state index contributed by atoms with van der Waals surface area (Å²) in [5.41, 5.74) is 9.43. The van der Waals surface area contributed by atoms with Gasteiger partial charge in [0.25, 0.3) is 0 Å². The Balaban J connectivity index is 2.04. The fourth-order valence-electron chi connectivity index (χ4n) is 4.50. The van der Waals surface area contributed by atoms with Crippen LogP contribution in [0, 0.1) is 17.2 Å². The van der Waals surface area contributed by atoms with Crippen LogP contribution in [-0.2, 0) is 11.2 Å². The highest BCUT2D eigenvalue weighted by molar-refractivity contribution is 5.89. The molecule has 1 aromatic carbocycles. The second-order valence-corrected chi connectivity index (χ2v) is 7.77. The Labute approximate surface area is 161 Å². The second kappa shape index (κ2) is 8.49. The number of fused-ring (bicyclic) bond motifs is 1. The largest absolute Gasteiger partial charge is 0.370 e. The number of carbonyl (C=O) groups excluding carboxylic acids is 1. The molecule has 2 heterocycles. The van der Waals surface area contributed by atoms with Crippen molar-refractivity contribution < 1.29 is 4.79 Å². The molecule has 1 aliphatic rings. The monoisotopic (exact) mass is 364 g/mol. The molecule has 1 aromatic heterocycles. The third kappa shape index (κ3) is 4.28. The van der Waals surface area contributed by atoms with Crippen molar-refractivity contribution in [1.29, 1.82) is 5.26 Å². The van der Waals surface area contributed by atoms with Crippen LogP contribution >= 0.6 is 0 Å². The van der Waals surface area contributed by atoms with E-state index in [1.54, 1.807) is 6.20 Å². The number of aryl methyl sites for hydroxylation is 1. The highest BCUT2D eigenvalue weighted by Crippen LogP contribution is 2.37. The van der Waals surface area contributed by atoms with Crippen molar-refractivity contribution >= 4 is 16.8 Å². The molecule has 1 amide bonds. The number of nitrogens with two attached hydrogens (primary N) is 1. The number of rotatable bonds is 6. The Kier molecular flexibility index (Phi) is 6.08. The summed E-state index contributed by atoms with van der Waals surface area (Å²) >= 11 is 0. The third-order valence-electron chi connectivity index (χ3n) is 5.48. The molecule has 142 valence electrons. The molecular weight excluding hydrogens is 336 g/mol. The predicted octanol–water partition coefficient (Wildman–Crippen LogP) is 3.36. The summed E-state index contributed by atoms with van der Waals surface area (Å²) in [5.74, 6) is 0.681. The molecule has 2 atom stereocenters. The topological polar surface area (TPSA) is 83.0 Å². The lowest BCUT2D eigenvalue weighted by atomic mass is 9.80. The number of piperidine rings is 1. The van der Waals surface area contributed by atoms with Gasteiger partial charge >= 0.3 is 0 Å². The van der Waals surface area contributed by atoms with Gasteiger partial charge in [-0.3, -0.25) is 9.78 Å². The summed E-state index contributed by atoms with van der Waals surface area (Å²) in [6.07, 6.45) is 5.27. The van der Waals surface area contributed by atoms with Crippen LogP contribution in [0.4, 0.5) is 0 Å². The molecule has 0 saturated carbocycles. The number of primary amides is 1. The SMILES string of the molecule is CCCc1cc(C#N)c2ncccc2c1C1CC(C)CN(CCC(N)=O)C1. The van der Waals surface area contributed by atoms with Crippen LogP contribution in [0.2, 0.25) is 0 Å². The van der Waals surface area contributed by atoms with E-state index in [4.69, 9.17) is 5.73 Å². The lowest BCUT2D eigenvalue weighted by Crippen LogP contribution is -2.40. The van der Waals surface area contributed by atoms with Gasteiger partial charge in [-0.15, -0.1) is 0 Å². The number of amides is 1. The van der Waals surface area contributed by atoms with Crippen LogP contribution < -0.4 is 5.73 Å². The number of nitriles is 1. The van der Waals surface area contributed by atoms with E-state index in [1.807, 2.05) is 12.1 Å². The maximum absolute atomic E-state index is 11.2. The van der Waals surface area contributed by atoms with Crippen LogP contribution in [0.3, 0.4) is 0 Å². The number of likely N-dealkylation sites (tertiary alicyclic amines) is 1. The quantitative estimate of drug-likeness (QED) is 0.852. The Bertz CT molecular complexity index is 870. The van der Waals surface area contributed by atoms with Crippen LogP contribution in [0.5, 0.6) is 0 Å². The number of carbonyl (C=O) groups is 1. The van der Waals surface area contributed by atoms with Crippen molar-refractivity contribution in [2.75, 3.05) is 19.6 Å². The van der Waals surface area contributed by atoms with Crippen molar-refractivity contribution in [3.05, 3.63) is 41.1 Å². The van der Waals surface area contributed by atoms with E-state index in [-0.39, 0.29) is 5.91 Å². The van der Waals surface area contributed by atoms with Gasteiger partial charge in [-0.05, 0) is 47.9 Å². The lowest BCUT2D eigenvalue weighted by molar-refractivity contribution is -0.118.